The first-order valence-corrected chi connectivity index (χ1v) is 11.0. The van der Waals surface area contributed by atoms with E-state index >= 15 is 0 Å². The van der Waals surface area contributed by atoms with Gasteiger partial charge in [-0.2, -0.15) is 0 Å². The van der Waals surface area contributed by atoms with Crippen molar-refractivity contribution in [3.8, 4) is 0 Å². The number of rotatable bonds is 14. The van der Waals surface area contributed by atoms with Gasteiger partial charge in [0.05, 0.1) is 18.8 Å². The average Bonchev–Trinajstić information content (AvgIpc) is 3.27. The molecule has 190 valence electrons. The molecule has 0 aliphatic rings. The summed E-state index contributed by atoms with van der Waals surface area (Å²) in [4.78, 5) is 67.5. The van der Waals surface area contributed by atoms with E-state index in [1.807, 2.05) is 0 Å². The summed E-state index contributed by atoms with van der Waals surface area (Å²) in [5.74, 6) is -5.61. The van der Waals surface area contributed by atoms with E-state index in [2.05, 4.69) is 25.9 Å². The molecule has 0 spiro atoms. The lowest BCUT2D eigenvalue weighted by molar-refractivity contribution is -0.147. The Morgan fingerprint density at radius 1 is 1.00 bits per heavy atom. The molecule has 5 unspecified atom stereocenters. The summed E-state index contributed by atoms with van der Waals surface area (Å²) < 4.78 is 0. The van der Waals surface area contributed by atoms with Crippen LogP contribution in [0.5, 0.6) is 0 Å². The largest absolute Gasteiger partial charge is 0.481 e. The third-order valence-electron chi connectivity index (χ3n) is 5.42. The van der Waals surface area contributed by atoms with Crippen LogP contribution < -0.4 is 21.7 Å². The van der Waals surface area contributed by atoms with Crippen LogP contribution in [0.2, 0.25) is 0 Å². The quantitative estimate of drug-likeness (QED) is 0.173. The molecule has 13 nitrogen and oxygen atoms in total. The fourth-order valence-electron chi connectivity index (χ4n) is 2.99. The maximum Gasteiger partial charge on any atom is 0.326 e. The molecule has 0 saturated carbocycles. The topological polar surface area (TPSA) is 217 Å². The fraction of sp³-hybridized carbons (Fsp3) is 0.619. The van der Waals surface area contributed by atoms with E-state index in [1.54, 1.807) is 27.7 Å². The Bertz CT molecular complexity index is 858. The lowest BCUT2D eigenvalue weighted by Gasteiger charge is -2.28. The van der Waals surface area contributed by atoms with Gasteiger partial charge in [0.2, 0.25) is 17.7 Å². The van der Waals surface area contributed by atoms with Gasteiger partial charge in [-0.25, -0.2) is 9.78 Å². The van der Waals surface area contributed by atoms with Crippen LogP contribution in [0.3, 0.4) is 0 Å². The van der Waals surface area contributed by atoms with Crippen molar-refractivity contribution in [2.24, 2.45) is 17.6 Å². The number of carbonyl (C=O) groups excluding carboxylic acids is 3. The van der Waals surface area contributed by atoms with Crippen molar-refractivity contribution in [1.29, 1.82) is 0 Å². The predicted octanol–water partition coefficient (Wildman–Crippen LogP) is -1.00. The van der Waals surface area contributed by atoms with Gasteiger partial charge in [-0.15, -0.1) is 0 Å². The van der Waals surface area contributed by atoms with Gasteiger partial charge < -0.3 is 36.9 Å². The second-order valence-corrected chi connectivity index (χ2v) is 8.48. The summed E-state index contributed by atoms with van der Waals surface area (Å²) in [6, 6.07) is -4.81. The number of carboxylic acid groups (broad SMARTS) is 2. The Balaban J connectivity index is 3.09. The van der Waals surface area contributed by atoms with E-state index in [9.17, 15) is 29.1 Å². The number of nitrogens with zero attached hydrogens (tertiary/aromatic N) is 1. The molecule has 1 aromatic heterocycles. The zero-order chi connectivity index (χ0) is 26.0. The average molecular weight is 483 g/mol. The first-order chi connectivity index (χ1) is 15.9. The Morgan fingerprint density at radius 3 is 2.09 bits per heavy atom. The zero-order valence-electron chi connectivity index (χ0n) is 19.7. The molecule has 0 fully saturated rings. The normalized spacial score (nSPS) is 15.5. The van der Waals surface area contributed by atoms with Crippen LogP contribution in [-0.4, -0.2) is 74.0 Å². The molecule has 0 radical (unpaired) electrons. The van der Waals surface area contributed by atoms with Crippen molar-refractivity contribution in [1.82, 2.24) is 25.9 Å². The smallest absolute Gasteiger partial charge is 0.326 e. The number of nitrogens with two attached hydrogens (primary N) is 1. The number of hydrogen-bond acceptors (Lipinski definition) is 7. The molecule has 1 heterocycles. The van der Waals surface area contributed by atoms with Crippen molar-refractivity contribution in [2.75, 3.05) is 0 Å². The highest BCUT2D eigenvalue weighted by molar-refractivity contribution is 5.94. The minimum Gasteiger partial charge on any atom is -0.481 e. The minimum absolute atomic E-state index is 0.0357. The Labute approximate surface area is 197 Å². The monoisotopic (exact) mass is 482 g/mol. The zero-order valence-corrected chi connectivity index (χ0v) is 19.7. The molecule has 0 bridgehead atoms. The number of aromatic nitrogens is 2. The van der Waals surface area contributed by atoms with Crippen LogP contribution in [0.25, 0.3) is 0 Å². The number of imidazole rings is 1. The van der Waals surface area contributed by atoms with Gasteiger partial charge in [-0.05, 0) is 11.8 Å². The maximum atomic E-state index is 13.1. The van der Waals surface area contributed by atoms with Gasteiger partial charge in [-0.1, -0.05) is 34.1 Å². The van der Waals surface area contributed by atoms with E-state index in [0.717, 1.165) is 0 Å². The van der Waals surface area contributed by atoms with E-state index < -0.39 is 66.2 Å². The van der Waals surface area contributed by atoms with Crippen molar-refractivity contribution in [3.05, 3.63) is 18.2 Å². The number of carboxylic acids is 2. The summed E-state index contributed by atoms with van der Waals surface area (Å²) in [5.41, 5.74) is 6.44. The molecule has 0 saturated heterocycles. The maximum absolute atomic E-state index is 13.1. The van der Waals surface area contributed by atoms with Crippen LogP contribution in [-0.2, 0) is 30.4 Å². The number of nitrogens with one attached hydrogen (secondary N) is 4. The highest BCUT2D eigenvalue weighted by Crippen LogP contribution is 2.11. The first kappa shape index (κ1) is 28.6. The van der Waals surface area contributed by atoms with Gasteiger partial charge in [-0.3, -0.25) is 19.2 Å². The van der Waals surface area contributed by atoms with Crippen molar-refractivity contribution in [3.63, 3.8) is 0 Å². The van der Waals surface area contributed by atoms with Gasteiger partial charge in [0.15, 0.2) is 0 Å². The molecule has 0 aliphatic heterocycles. The van der Waals surface area contributed by atoms with Crippen LogP contribution in [0.15, 0.2) is 12.5 Å². The van der Waals surface area contributed by atoms with Gasteiger partial charge >= 0.3 is 11.9 Å². The fourth-order valence-corrected chi connectivity index (χ4v) is 2.99. The molecular formula is C21H34N6O7. The first-order valence-electron chi connectivity index (χ1n) is 11.0. The lowest BCUT2D eigenvalue weighted by atomic mass is 9.96. The number of amides is 3. The number of H-pyrrole nitrogens is 1. The predicted molar refractivity (Wildman–Crippen MR) is 120 cm³/mol. The van der Waals surface area contributed by atoms with Crippen LogP contribution in [0.1, 0.15) is 46.2 Å². The molecule has 8 N–H and O–H groups in total. The molecule has 3 amide bonds. The summed E-state index contributed by atoms with van der Waals surface area (Å²) >= 11 is 0. The highest BCUT2D eigenvalue weighted by Gasteiger charge is 2.33. The van der Waals surface area contributed by atoms with E-state index in [4.69, 9.17) is 10.8 Å². The second kappa shape index (κ2) is 13.3. The Morgan fingerprint density at radius 2 is 1.62 bits per heavy atom. The molecular weight excluding hydrogens is 448 g/mol. The molecule has 13 heteroatoms. The Kier molecular flexibility index (Phi) is 11.2. The van der Waals surface area contributed by atoms with Gasteiger partial charge in [0, 0.05) is 18.3 Å². The number of aromatic amines is 1. The van der Waals surface area contributed by atoms with Gasteiger partial charge in [0.25, 0.3) is 0 Å². The third-order valence-corrected chi connectivity index (χ3v) is 5.42. The lowest BCUT2D eigenvalue weighted by Crippen LogP contribution is -2.59. The van der Waals surface area contributed by atoms with Crippen LogP contribution >= 0.6 is 0 Å². The number of carbonyl (C=O) groups is 5. The summed E-state index contributed by atoms with van der Waals surface area (Å²) in [6.45, 7) is 6.96. The Hall–Kier alpha value is -3.48. The van der Waals surface area contributed by atoms with E-state index in [0.29, 0.717) is 12.1 Å². The standard InChI is InChI=1S/C21H34N6O7/c1-5-11(4)17(20(32)26-14(21(33)34)7-15(28)29)27-18(30)13(6-12-8-23-9-24-12)25-19(31)16(22)10(2)3/h8-11,13-14,16-17H,5-7,22H2,1-4H3,(H,23,24)(H,25,31)(H,26,32)(H,27,30)(H,28,29)(H,33,34). The highest BCUT2D eigenvalue weighted by atomic mass is 16.4. The van der Waals surface area contributed by atoms with Crippen molar-refractivity contribution in [2.45, 2.75) is 71.1 Å². The third kappa shape index (κ3) is 8.81. The molecule has 34 heavy (non-hydrogen) atoms. The van der Waals surface area contributed by atoms with Crippen molar-refractivity contribution < 1.29 is 34.2 Å². The molecule has 0 aliphatic carbocycles. The van der Waals surface area contributed by atoms with Crippen LogP contribution in [0, 0.1) is 11.8 Å². The van der Waals surface area contributed by atoms with E-state index in [1.165, 1.54) is 12.5 Å². The minimum atomic E-state index is -1.67. The molecule has 1 rings (SSSR count). The molecule has 1 aromatic rings. The molecule has 5 atom stereocenters. The molecule has 0 aromatic carbocycles. The van der Waals surface area contributed by atoms with Crippen molar-refractivity contribution >= 4 is 29.7 Å². The number of hydrogen-bond donors (Lipinski definition) is 7. The summed E-state index contributed by atoms with van der Waals surface area (Å²) in [6.07, 6.45) is 2.56. The SMILES string of the molecule is CCC(C)C(NC(=O)C(Cc1cnc[nH]1)NC(=O)C(N)C(C)C)C(=O)NC(CC(=O)O)C(=O)O. The van der Waals surface area contributed by atoms with E-state index in [-0.39, 0.29) is 12.3 Å². The number of aliphatic carboxylic acids is 2. The van der Waals surface area contributed by atoms with Crippen LogP contribution in [0.4, 0.5) is 0 Å². The second-order valence-electron chi connectivity index (χ2n) is 8.48. The summed E-state index contributed by atoms with van der Waals surface area (Å²) in [7, 11) is 0. The summed E-state index contributed by atoms with van der Waals surface area (Å²) in [5, 5.41) is 25.5. The van der Waals surface area contributed by atoms with Gasteiger partial charge in [0.1, 0.15) is 18.1 Å².